The first kappa shape index (κ1) is 21.6. The third-order valence-electron chi connectivity index (χ3n) is 5.88. The maximum atomic E-state index is 12.4. The molecule has 2 fully saturated rings. The zero-order valence-corrected chi connectivity index (χ0v) is 17.8. The second kappa shape index (κ2) is 8.71. The van der Waals surface area contributed by atoms with Crippen molar-refractivity contribution in [3.05, 3.63) is 18.2 Å². The molecule has 9 heteroatoms. The number of amides is 1. The Labute approximate surface area is 171 Å². The van der Waals surface area contributed by atoms with E-state index < -0.39 is 22.5 Å². The van der Waals surface area contributed by atoms with Gasteiger partial charge in [0, 0.05) is 26.2 Å². The summed E-state index contributed by atoms with van der Waals surface area (Å²) in [5.41, 5.74) is 0.278. The molecule has 0 radical (unpaired) electrons. The van der Waals surface area contributed by atoms with E-state index in [1.54, 1.807) is 0 Å². The Kier molecular flexibility index (Phi) is 6.48. The molecule has 2 saturated carbocycles. The number of hydrogen-bond donors (Lipinski definition) is 1. The smallest absolute Gasteiger partial charge is 0.306 e. The molecule has 0 unspecified atom stereocenters. The molecule has 0 saturated heterocycles. The highest BCUT2D eigenvalue weighted by Crippen LogP contribution is 2.49. The Morgan fingerprint density at radius 3 is 2.55 bits per heavy atom. The van der Waals surface area contributed by atoms with Gasteiger partial charge in [0.25, 0.3) is 5.91 Å². The second-order valence-corrected chi connectivity index (χ2v) is 10.1. The molecule has 2 aliphatic carbocycles. The molecular formula is C20H28N2O6S. The molecule has 0 aromatic heterocycles. The summed E-state index contributed by atoms with van der Waals surface area (Å²) in [6.07, 6.45) is 5.13. The van der Waals surface area contributed by atoms with Crippen LogP contribution in [0.5, 0.6) is 5.75 Å². The molecule has 160 valence electrons. The number of methoxy groups -OCH3 is 1. The van der Waals surface area contributed by atoms with Gasteiger partial charge in [-0.15, -0.1) is 0 Å². The number of nitrogens with zero attached hydrogens (tertiary/aromatic N) is 1. The second-order valence-electron chi connectivity index (χ2n) is 8.00. The lowest BCUT2D eigenvalue weighted by Crippen LogP contribution is -2.24. The van der Waals surface area contributed by atoms with E-state index in [0.717, 1.165) is 16.6 Å². The van der Waals surface area contributed by atoms with Crippen molar-refractivity contribution in [2.75, 3.05) is 33.1 Å². The fourth-order valence-corrected chi connectivity index (χ4v) is 5.47. The minimum atomic E-state index is -3.75. The molecule has 0 spiro atoms. The third-order valence-corrected chi connectivity index (χ3v) is 7.72. The van der Waals surface area contributed by atoms with Crippen LogP contribution in [0.15, 0.2) is 23.1 Å². The quantitative estimate of drug-likeness (QED) is 0.642. The minimum Gasteiger partial charge on any atom is -0.495 e. The molecule has 1 N–H and O–H groups in total. The molecule has 3 rings (SSSR count). The van der Waals surface area contributed by atoms with Gasteiger partial charge in [-0.3, -0.25) is 9.59 Å². The maximum absolute atomic E-state index is 12.4. The van der Waals surface area contributed by atoms with E-state index >= 15 is 0 Å². The van der Waals surface area contributed by atoms with E-state index in [1.807, 2.05) is 0 Å². The monoisotopic (exact) mass is 424 g/mol. The van der Waals surface area contributed by atoms with Crippen molar-refractivity contribution in [2.45, 2.75) is 37.0 Å². The summed E-state index contributed by atoms with van der Waals surface area (Å²) in [6, 6.07) is 4.32. The van der Waals surface area contributed by atoms with Gasteiger partial charge in [0.05, 0.1) is 7.11 Å². The maximum Gasteiger partial charge on any atom is 0.306 e. The lowest BCUT2D eigenvalue weighted by molar-refractivity contribution is -0.148. The lowest BCUT2D eigenvalue weighted by Gasteiger charge is -2.20. The Hall–Kier alpha value is -2.13. The topological polar surface area (TPSA) is 102 Å². The number of carbonyl (C=O) groups is 2. The Morgan fingerprint density at radius 2 is 1.97 bits per heavy atom. The molecule has 1 amide bonds. The van der Waals surface area contributed by atoms with Gasteiger partial charge in [-0.1, -0.05) is 6.42 Å². The third kappa shape index (κ3) is 4.90. The van der Waals surface area contributed by atoms with Crippen LogP contribution in [-0.2, 0) is 24.3 Å². The number of nitrogens with one attached hydrogen (secondary N) is 1. The van der Waals surface area contributed by atoms with Gasteiger partial charge in [-0.2, -0.15) is 0 Å². The zero-order chi connectivity index (χ0) is 21.2. The number of ether oxygens (including phenoxy) is 2. The first-order valence-electron chi connectivity index (χ1n) is 9.76. The molecule has 0 heterocycles. The van der Waals surface area contributed by atoms with Crippen LogP contribution < -0.4 is 10.1 Å². The molecule has 8 nitrogen and oxygen atoms in total. The SMILES string of the molecule is COc1ccc(NC(=O)COC(=O)C[C@@H]2C[C@@H]3CC[C@@H]2C3)cc1S(=O)(=O)N(C)C. The highest BCUT2D eigenvalue weighted by molar-refractivity contribution is 7.89. The van der Waals surface area contributed by atoms with Gasteiger partial charge in [0.1, 0.15) is 10.6 Å². The van der Waals surface area contributed by atoms with E-state index in [0.29, 0.717) is 18.3 Å². The summed E-state index contributed by atoms with van der Waals surface area (Å²) >= 11 is 0. The number of anilines is 1. The average Bonchev–Trinajstić information content (AvgIpc) is 3.29. The van der Waals surface area contributed by atoms with Crippen molar-refractivity contribution in [1.82, 2.24) is 4.31 Å². The van der Waals surface area contributed by atoms with Crippen molar-refractivity contribution in [1.29, 1.82) is 0 Å². The summed E-state index contributed by atoms with van der Waals surface area (Å²) in [5, 5.41) is 2.57. The number of carbonyl (C=O) groups excluding carboxylic acids is 2. The number of fused-ring (bicyclic) bond motifs is 2. The summed E-state index contributed by atoms with van der Waals surface area (Å²) < 4.78 is 36.2. The van der Waals surface area contributed by atoms with Crippen LogP contribution in [0.1, 0.15) is 32.1 Å². The fraction of sp³-hybridized carbons (Fsp3) is 0.600. The van der Waals surface area contributed by atoms with Crippen molar-refractivity contribution >= 4 is 27.6 Å². The van der Waals surface area contributed by atoms with E-state index in [9.17, 15) is 18.0 Å². The molecule has 2 bridgehead atoms. The largest absolute Gasteiger partial charge is 0.495 e. The van der Waals surface area contributed by atoms with Crippen LogP contribution in [0.4, 0.5) is 5.69 Å². The zero-order valence-electron chi connectivity index (χ0n) is 17.0. The molecule has 29 heavy (non-hydrogen) atoms. The van der Waals surface area contributed by atoms with Crippen molar-refractivity contribution < 1.29 is 27.5 Å². The number of hydrogen-bond acceptors (Lipinski definition) is 6. The van der Waals surface area contributed by atoms with Gasteiger partial charge in [-0.05, 0) is 55.2 Å². The minimum absolute atomic E-state index is 0.0592. The Bertz CT molecular complexity index is 883. The molecule has 2 aliphatic rings. The molecule has 1 aromatic rings. The van der Waals surface area contributed by atoms with Crippen LogP contribution in [0, 0.1) is 17.8 Å². The first-order chi connectivity index (χ1) is 13.7. The van der Waals surface area contributed by atoms with E-state index in [2.05, 4.69) is 5.32 Å². The predicted molar refractivity (Wildman–Crippen MR) is 107 cm³/mol. The number of rotatable bonds is 8. The summed E-state index contributed by atoms with van der Waals surface area (Å²) in [5.74, 6) is 1.05. The van der Waals surface area contributed by atoms with Crippen LogP contribution in [0.2, 0.25) is 0 Å². The Balaban J connectivity index is 1.55. The van der Waals surface area contributed by atoms with Gasteiger partial charge >= 0.3 is 5.97 Å². The number of benzene rings is 1. The van der Waals surface area contributed by atoms with Gasteiger partial charge in [0.15, 0.2) is 6.61 Å². The molecule has 1 aromatic carbocycles. The van der Waals surface area contributed by atoms with Gasteiger partial charge < -0.3 is 14.8 Å². The van der Waals surface area contributed by atoms with Crippen molar-refractivity contribution in [2.24, 2.45) is 17.8 Å². The normalized spacial score (nSPS) is 23.2. The predicted octanol–water partition coefficient (Wildman–Crippen LogP) is 2.25. The van der Waals surface area contributed by atoms with Gasteiger partial charge in [0.2, 0.25) is 10.0 Å². The molecular weight excluding hydrogens is 396 g/mol. The summed E-state index contributed by atoms with van der Waals surface area (Å²) in [4.78, 5) is 24.2. The fourth-order valence-electron chi connectivity index (χ4n) is 4.40. The van der Waals surface area contributed by atoms with Crippen LogP contribution >= 0.6 is 0 Å². The highest BCUT2D eigenvalue weighted by atomic mass is 32.2. The first-order valence-corrected chi connectivity index (χ1v) is 11.2. The lowest BCUT2D eigenvalue weighted by atomic mass is 9.86. The molecule has 0 aliphatic heterocycles. The average molecular weight is 425 g/mol. The van der Waals surface area contributed by atoms with Crippen LogP contribution in [0.3, 0.4) is 0 Å². The van der Waals surface area contributed by atoms with Crippen LogP contribution in [0.25, 0.3) is 0 Å². The number of esters is 1. The van der Waals surface area contributed by atoms with E-state index in [4.69, 9.17) is 9.47 Å². The van der Waals surface area contributed by atoms with E-state index in [1.165, 1.54) is 58.7 Å². The standard InChI is InChI=1S/C20H28N2O6S/c1-22(2)29(25,26)18-11-16(6-7-17(18)27-3)21-19(23)12-28-20(24)10-15-9-13-4-5-14(15)8-13/h6-7,11,13-15H,4-5,8-10,12H2,1-3H3,(H,21,23)/t13-,14-,15+/m1/s1. The van der Waals surface area contributed by atoms with Crippen molar-refractivity contribution in [3.63, 3.8) is 0 Å². The number of sulfonamides is 1. The Morgan fingerprint density at radius 1 is 1.21 bits per heavy atom. The highest BCUT2D eigenvalue weighted by Gasteiger charge is 2.40. The van der Waals surface area contributed by atoms with E-state index in [-0.39, 0.29) is 22.3 Å². The van der Waals surface area contributed by atoms with Crippen LogP contribution in [-0.4, -0.2) is 52.4 Å². The van der Waals surface area contributed by atoms with Crippen molar-refractivity contribution in [3.8, 4) is 5.75 Å². The summed E-state index contributed by atoms with van der Waals surface area (Å²) in [7, 11) is 0.448. The summed E-state index contributed by atoms with van der Waals surface area (Å²) in [6.45, 7) is -0.401. The van der Waals surface area contributed by atoms with Gasteiger partial charge in [-0.25, -0.2) is 12.7 Å². The molecule has 3 atom stereocenters.